The Balaban J connectivity index is 1.67. The van der Waals surface area contributed by atoms with Gasteiger partial charge in [0, 0.05) is 22.8 Å². The summed E-state index contributed by atoms with van der Waals surface area (Å²) in [5.41, 5.74) is 10.9. The van der Waals surface area contributed by atoms with Gasteiger partial charge in [0.25, 0.3) is 0 Å². The van der Waals surface area contributed by atoms with Gasteiger partial charge in [-0.3, -0.25) is 0 Å². The Morgan fingerprint density at radius 2 is 1.55 bits per heavy atom. The highest BCUT2D eigenvalue weighted by atomic mass is 28.3. The lowest BCUT2D eigenvalue weighted by Gasteiger charge is -2.24. The van der Waals surface area contributed by atoms with Crippen LogP contribution in [0, 0.1) is 20.8 Å². The Morgan fingerprint density at radius 1 is 0.839 bits per heavy atom. The first-order chi connectivity index (χ1) is 14.7. The predicted octanol–water partition coefficient (Wildman–Crippen LogP) is 7.67. The molecule has 3 aromatic carbocycles. The van der Waals surface area contributed by atoms with E-state index in [9.17, 15) is 0 Å². The molecule has 2 heteroatoms. The number of fused-ring (bicyclic) bond motifs is 2. The second-order valence-electron chi connectivity index (χ2n) is 10.1. The first-order valence-corrected chi connectivity index (χ1v) is 14.7. The fourth-order valence-electron chi connectivity index (χ4n) is 5.58. The lowest BCUT2D eigenvalue weighted by molar-refractivity contribution is 0.557. The molecule has 1 aliphatic carbocycles. The Hall–Kier alpha value is -2.84. The molecule has 1 aliphatic rings. The third kappa shape index (κ3) is 3.30. The minimum atomic E-state index is -1.38. The maximum Gasteiger partial charge on any atom is 0.138 e. The van der Waals surface area contributed by atoms with Crippen LogP contribution >= 0.6 is 0 Å². The van der Waals surface area contributed by atoms with Gasteiger partial charge in [-0.05, 0) is 54.7 Å². The summed E-state index contributed by atoms with van der Waals surface area (Å²) in [7, 11) is -1.38. The van der Waals surface area contributed by atoms with Gasteiger partial charge in [0.15, 0.2) is 0 Å². The first-order valence-electron chi connectivity index (χ1n) is 11.2. The summed E-state index contributed by atoms with van der Waals surface area (Å²) >= 11 is 0. The largest absolute Gasteiger partial charge is 0.463 e. The molecular formula is C29H30OSi. The molecule has 4 aromatic rings. The van der Waals surface area contributed by atoms with E-state index in [2.05, 4.69) is 95.0 Å². The molecule has 1 nitrogen and oxygen atoms in total. The zero-order valence-corrected chi connectivity index (χ0v) is 20.4. The van der Waals surface area contributed by atoms with Gasteiger partial charge in [-0.2, -0.15) is 0 Å². The number of hydrogen-bond donors (Lipinski definition) is 0. The molecule has 0 amide bonds. The van der Waals surface area contributed by atoms with Crippen LogP contribution in [0.4, 0.5) is 0 Å². The minimum absolute atomic E-state index is 0.922. The van der Waals surface area contributed by atoms with Crippen LogP contribution in [0.2, 0.25) is 19.6 Å². The van der Waals surface area contributed by atoms with E-state index in [1.54, 1.807) is 5.19 Å². The number of rotatable bonds is 3. The van der Waals surface area contributed by atoms with Crippen molar-refractivity contribution in [2.75, 3.05) is 0 Å². The van der Waals surface area contributed by atoms with Crippen molar-refractivity contribution in [3.63, 3.8) is 0 Å². The number of aryl methyl sites for hydroxylation is 3. The number of allylic oxidation sites excluding steroid dienone is 1. The maximum atomic E-state index is 6.03. The van der Waals surface area contributed by atoms with Crippen LogP contribution in [-0.2, 0) is 6.42 Å². The van der Waals surface area contributed by atoms with Gasteiger partial charge in [0.05, 0.1) is 14.3 Å². The van der Waals surface area contributed by atoms with Crippen LogP contribution < -0.4 is 5.19 Å². The van der Waals surface area contributed by atoms with E-state index in [1.165, 1.54) is 55.3 Å². The maximum absolute atomic E-state index is 6.03. The monoisotopic (exact) mass is 422 g/mol. The molecule has 0 spiro atoms. The topological polar surface area (TPSA) is 13.1 Å². The number of hydrogen-bond acceptors (Lipinski definition) is 1. The van der Waals surface area contributed by atoms with E-state index in [0.717, 1.165) is 12.2 Å². The van der Waals surface area contributed by atoms with Crippen molar-refractivity contribution in [2.45, 2.75) is 46.8 Å². The molecule has 0 aliphatic heterocycles. The van der Waals surface area contributed by atoms with Gasteiger partial charge in [-0.1, -0.05) is 84.5 Å². The highest BCUT2D eigenvalue weighted by Crippen LogP contribution is 2.41. The summed E-state index contributed by atoms with van der Waals surface area (Å²) in [6, 6.07) is 17.8. The first kappa shape index (κ1) is 20.1. The highest BCUT2D eigenvalue weighted by molar-refractivity contribution is 6.89. The molecular weight excluding hydrogens is 392 g/mol. The fourth-order valence-corrected chi connectivity index (χ4v) is 8.09. The van der Waals surface area contributed by atoms with Crippen LogP contribution in [-0.4, -0.2) is 8.07 Å². The Bertz CT molecular complexity index is 1340. The van der Waals surface area contributed by atoms with Crippen LogP contribution in [0.1, 0.15) is 33.6 Å². The van der Waals surface area contributed by atoms with E-state index in [1.807, 2.05) is 6.26 Å². The Morgan fingerprint density at radius 3 is 2.26 bits per heavy atom. The standard InChI is InChI=1S/C29H30OSi/c1-18-11-12-21-15-24(28-25-10-8-7-9-22(25)17-30-28)16-26(21)27(18)23-13-19(2)29(20(3)14-23)31(4,5)6/h7-14,16-17H,15H2,1-6H3. The molecule has 0 unspecified atom stereocenters. The van der Waals surface area contributed by atoms with E-state index in [0.29, 0.717) is 0 Å². The van der Waals surface area contributed by atoms with Crippen molar-refractivity contribution in [1.29, 1.82) is 0 Å². The quantitative estimate of drug-likeness (QED) is 0.309. The summed E-state index contributed by atoms with van der Waals surface area (Å²) in [6.07, 6.45) is 5.16. The van der Waals surface area contributed by atoms with Crippen LogP contribution in [0.15, 0.2) is 59.2 Å². The van der Waals surface area contributed by atoms with Crippen LogP contribution in [0.5, 0.6) is 0 Å². The molecule has 31 heavy (non-hydrogen) atoms. The van der Waals surface area contributed by atoms with E-state index in [4.69, 9.17) is 4.42 Å². The van der Waals surface area contributed by atoms with E-state index < -0.39 is 8.07 Å². The predicted molar refractivity (Wildman–Crippen MR) is 137 cm³/mol. The van der Waals surface area contributed by atoms with Gasteiger partial charge in [-0.25, -0.2) is 0 Å². The van der Waals surface area contributed by atoms with Gasteiger partial charge in [-0.15, -0.1) is 0 Å². The van der Waals surface area contributed by atoms with Crippen molar-refractivity contribution >= 4 is 35.7 Å². The SMILES string of the molecule is Cc1ccc2c(c1-c1cc(C)c([Si](C)(C)C)c(C)c1)C=C(c1occ3ccccc13)C2. The second kappa shape index (κ2) is 7.10. The smallest absolute Gasteiger partial charge is 0.138 e. The number of benzene rings is 3. The van der Waals surface area contributed by atoms with Crippen LogP contribution in [0.3, 0.4) is 0 Å². The Kier molecular flexibility index (Phi) is 4.60. The molecule has 5 rings (SSSR count). The fraction of sp³-hybridized carbons (Fsp3) is 0.241. The van der Waals surface area contributed by atoms with E-state index >= 15 is 0 Å². The summed E-state index contributed by atoms with van der Waals surface area (Å²) in [4.78, 5) is 0. The molecule has 0 saturated heterocycles. The molecule has 0 bridgehead atoms. The average molecular weight is 423 g/mol. The van der Waals surface area contributed by atoms with Crippen LogP contribution in [0.25, 0.3) is 33.5 Å². The molecule has 0 fully saturated rings. The van der Waals surface area contributed by atoms with Gasteiger partial charge in [0.2, 0.25) is 0 Å². The lowest BCUT2D eigenvalue weighted by atomic mass is 9.91. The molecule has 0 radical (unpaired) electrons. The van der Waals surface area contributed by atoms with Crippen molar-refractivity contribution in [1.82, 2.24) is 0 Å². The zero-order valence-electron chi connectivity index (χ0n) is 19.4. The number of furan rings is 1. The van der Waals surface area contributed by atoms with Crippen molar-refractivity contribution in [3.05, 3.63) is 88.4 Å². The molecule has 0 N–H and O–H groups in total. The Labute approximate surface area is 186 Å². The molecule has 1 aromatic heterocycles. The summed E-state index contributed by atoms with van der Waals surface area (Å²) in [5.74, 6) is 1.01. The molecule has 1 heterocycles. The molecule has 0 atom stereocenters. The van der Waals surface area contributed by atoms with Gasteiger partial charge in [0.1, 0.15) is 5.76 Å². The third-order valence-corrected chi connectivity index (χ3v) is 8.90. The average Bonchev–Trinajstić information content (AvgIpc) is 3.29. The third-order valence-electron chi connectivity index (χ3n) is 6.62. The highest BCUT2D eigenvalue weighted by Gasteiger charge is 2.25. The van der Waals surface area contributed by atoms with Crippen molar-refractivity contribution in [2.24, 2.45) is 0 Å². The summed E-state index contributed by atoms with van der Waals surface area (Å²) < 4.78 is 6.03. The minimum Gasteiger partial charge on any atom is -0.463 e. The molecule has 156 valence electrons. The van der Waals surface area contributed by atoms with Gasteiger partial charge >= 0.3 is 0 Å². The normalized spacial score (nSPS) is 13.5. The van der Waals surface area contributed by atoms with Crippen molar-refractivity contribution < 1.29 is 4.42 Å². The lowest BCUT2D eigenvalue weighted by Crippen LogP contribution is -2.41. The summed E-state index contributed by atoms with van der Waals surface area (Å²) in [5, 5.41) is 3.96. The van der Waals surface area contributed by atoms with E-state index in [-0.39, 0.29) is 0 Å². The van der Waals surface area contributed by atoms with Crippen molar-refractivity contribution in [3.8, 4) is 11.1 Å². The summed E-state index contributed by atoms with van der Waals surface area (Å²) in [6.45, 7) is 14.1. The van der Waals surface area contributed by atoms with Gasteiger partial charge < -0.3 is 4.42 Å². The molecule has 0 saturated carbocycles. The second-order valence-corrected chi connectivity index (χ2v) is 15.1. The zero-order chi connectivity index (χ0) is 21.9.